The molecule has 0 radical (unpaired) electrons. The Hall–Kier alpha value is -0.380. The standard InChI is InChI=1S/C18H31NOS/c1-14(2)10-19-11-18-9-17(15(3)21-18)13-20-12-16-7-5-4-6-8-16/h9,14,16,19H,4-8,10-13H2,1-3H3. The second kappa shape index (κ2) is 8.92. The average Bonchev–Trinajstić information content (AvgIpc) is 2.80. The summed E-state index contributed by atoms with van der Waals surface area (Å²) in [6, 6.07) is 2.33. The van der Waals surface area contributed by atoms with E-state index in [0.29, 0.717) is 5.92 Å². The molecule has 0 aliphatic heterocycles. The normalized spacial score (nSPS) is 16.8. The lowest BCUT2D eigenvalue weighted by Crippen LogP contribution is -2.18. The molecule has 1 heterocycles. The Balaban J connectivity index is 1.71. The average molecular weight is 310 g/mol. The zero-order valence-electron chi connectivity index (χ0n) is 13.9. The van der Waals surface area contributed by atoms with Gasteiger partial charge in [-0.1, -0.05) is 33.1 Å². The van der Waals surface area contributed by atoms with Crippen LogP contribution in [0.2, 0.25) is 0 Å². The van der Waals surface area contributed by atoms with Crippen LogP contribution in [0.25, 0.3) is 0 Å². The minimum Gasteiger partial charge on any atom is -0.376 e. The van der Waals surface area contributed by atoms with Crippen molar-refractivity contribution in [2.24, 2.45) is 11.8 Å². The van der Waals surface area contributed by atoms with E-state index >= 15 is 0 Å². The highest BCUT2D eigenvalue weighted by atomic mass is 32.1. The molecular formula is C18H31NOS. The molecule has 21 heavy (non-hydrogen) atoms. The Bertz CT molecular complexity index is 407. The van der Waals surface area contributed by atoms with E-state index in [0.717, 1.165) is 32.2 Å². The molecule has 0 spiro atoms. The lowest BCUT2D eigenvalue weighted by atomic mass is 9.90. The smallest absolute Gasteiger partial charge is 0.0727 e. The number of rotatable bonds is 8. The highest BCUT2D eigenvalue weighted by Gasteiger charge is 2.14. The van der Waals surface area contributed by atoms with Crippen LogP contribution in [0.4, 0.5) is 0 Å². The van der Waals surface area contributed by atoms with E-state index < -0.39 is 0 Å². The molecule has 1 N–H and O–H groups in total. The van der Waals surface area contributed by atoms with E-state index in [1.54, 1.807) is 0 Å². The van der Waals surface area contributed by atoms with E-state index in [9.17, 15) is 0 Å². The summed E-state index contributed by atoms with van der Waals surface area (Å²) in [5.41, 5.74) is 1.39. The predicted molar refractivity (Wildman–Crippen MR) is 91.8 cm³/mol. The van der Waals surface area contributed by atoms with Gasteiger partial charge >= 0.3 is 0 Å². The molecule has 0 atom stereocenters. The first-order valence-electron chi connectivity index (χ1n) is 8.51. The molecule has 2 nitrogen and oxygen atoms in total. The fourth-order valence-corrected chi connectivity index (χ4v) is 4.01. The van der Waals surface area contributed by atoms with E-state index in [4.69, 9.17) is 4.74 Å². The van der Waals surface area contributed by atoms with Gasteiger partial charge < -0.3 is 10.1 Å². The van der Waals surface area contributed by atoms with Gasteiger partial charge in [0.05, 0.1) is 6.61 Å². The minimum atomic E-state index is 0.712. The van der Waals surface area contributed by atoms with Gasteiger partial charge in [0.15, 0.2) is 0 Å². The zero-order valence-corrected chi connectivity index (χ0v) is 14.7. The molecule has 1 aliphatic rings. The van der Waals surface area contributed by atoms with E-state index in [-0.39, 0.29) is 0 Å². The van der Waals surface area contributed by atoms with Gasteiger partial charge in [-0.25, -0.2) is 0 Å². The molecule has 0 unspecified atom stereocenters. The van der Waals surface area contributed by atoms with Crippen molar-refractivity contribution in [3.8, 4) is 0 Å². The Labute approximate surface area is 134 Å². The van der Waals surface area contributed by atoms with Crippen molar-refractivity contribution in [2.75, 3.05) is 13.2 Å². The first-order valence-corrected chi connectivity index (χ1v) is 9.33. The Kier molecular flexibility index (Phi) is 7.21. The van der Waals surface area contributed by atoms with Crippen LogP contribution in [0.3, 0.4) is 0 Å². The number of nitrogens with one attached hydrogen (secondary N) is 1. The Morgan fingerprint density at radius 2 is 2.05 bits per heavy atom. The summed E-state index contributed by atoms with van der Waals surface area (Å²) in [7, 11) is 0. The van der Waals surface area contributed by atoms with Gasteiger partial charge in [-0.3, -0.25) is 0 Å². The summed E-state index contributed by atoms with van der Waals surface area (Å²) >= 11 is 1.91. The third-order valence-electron chi connectivity index (χ3n) is 4.26. The lowest BCUT2D eigenvalue weighted by Gasteiger charge is -2.21. The van der Waals surface area contributed by atoms with Crippen molar-refractivity contribution in [3.63, 3.8) is 0 Å². The molecule has 1 saturated carbocycles. The molecule has 0 aromatic carbocycles. The maximum atomic E-state index is 5.98. The van der Waals surface area contributed by atoms with Gasteiger partial charge in [-0.05, 0) is 49.8 Å². The van der Waals surface area contributed by atoms with Crippen LogP contribution < -0.4 is 5.32 Å². The molecule has 0 amide bonds. The summed E-state index contributed by atoms with van der Waals surface area (Å²) in [5, 5.41) is 3.52. The van der Waals surface area contributed by atoms with Gasteiger partial charge in [0.2, 0.25) is 0 Å². The molecule has 1 fully saturated rings. The lowest BCUT2D eigenvalue weighted by molar-refractivity contribution is 0.0738. The van der Waals surface area contributed by atoms with Gasteiger partial charge in [-0.2, -0.15) is 0 Å². The van der Waals surface area contributed by atoms with Crippen LogP contribution >= 0.6 is 11.3 Å². The van der Waals surface area contributed by atoms with E-state index in [1.807, 2.05) is 11.3 Å². The molecule has 2 rings (SSSR count). The fourth-order valence-electron chi connectivity index (χ4n) is 2.99. The van der Waals surface area contributed by atoms with Crippen LogP contribution in [0.5, 0.6) is 0 Å². The number of aryl methyl sites for hydroxylation is 1. The highest BCUT2D eigenvalue weighted by molar-refractivity contribution is 7.12. The number of thiophene rings is 1. The van der Waals surface area contributed by atoms with Gasteiger partial charge in [0.1, 0.15) is 0 Å². The number of hydrogen-bond donors (Lipinski definition) is 1. The summed E-state index contributed by atoms with van der Waals surface area (Å²) in [4.78, 5) is 2.85. The van der Waals surface area contributed by atoms with Crippen molar-refractivity contribution in [1.82, 2.24) is 5.32 Å². The summed E-state index contributed by atoms with van der Waals surface area (Å²) in [5.74, 6) is 1.52. The van der Waals surface area contributed by atoms with Crippen molar-refractivity contribution >= 4 is 11.3 Å². The monoisotopic (exact) mass is 309 g/mol. The maximum absolute atomic E-state index is 5.98. The molecule has 120 valence electrons. The summed E-state index contributed by atoms with van der Waals surface area (Å²) < 4.78 is 5.98. The maximum Gasteiger partial charge on any atom is 0.0727 e. The molecule has 1 aromatic rings. The first kappa shape index (κ1) is 17.0. The largest absolute Gasteiger partial charge is 0.376 e. The van der Waals surface area contributed by atoms with Crippen LogP contribution in [0.1, 0.15) is 61.3 Å². The van der Waals surface area contributed by atoms with Gasteiger partial charge in [-0.15, -0.1) is 11.3 Å². The Morgan fingerprint density at radius 1 is 1.29 bits per heavy atom. The van der Waals surface area contributed by atoms with Gasteiger partial charge in [0.25, 0.3) is 0 Å². The van der Waals surface area contributed by atoms with Crippen LogP contribution in [0, 0.1) is 18.8 Å². The molecule has 3 heteroatoms. The Morgan fingerprint density at radius 3 is 2.76 bits per heavy atom. The molecule has 0 saturated heterocycles. The van der Waals surface area contributed by atoms with Crippen molar-refractivity contribution in [1.29, 1.82) is 0 Å². The fraction of sp³-hybridized carbons (Fsp3) is 0.778. The third-order valence-corrected chi connectivity index (χ3v) is 5.35. The summed E-state index contributed by atoms with van der Waals surface area (Å²) in [6.45, 7) is 10.5. The van der Waals surface area contributed by atoms with Gasteiger partial charge in [0, 0.05) is 22.9 Å². The van der Waals surface area contributed by atoms with Crippen LogP contribution in [-0.2, 0) is 17.9 Å². The quantitative estimate of drug-likeness (QED) is 0.737. The van der Waals surface area contributed by atoms with Crippen LogP contribution in [-0.4, -0.2) is 13.2 Å². The van der Waals surface area contributed by atoms with Crippen molar-refractivity contribution in [2.45, 2.75) is 66.0 Å². The molecule has 1 aromatic heterocycles. The molecule has 0 bridgehead atoms. The minimum absolute atomic E-state index is 0.712. The second-order valence-electron chi connectivity index (χ2n) is 6.84. The summed E-state index contributed by atoms with van der Waals surface area (Å²) in [6.07, 6.45) is 6.96. The third kappa shape index (κ3) is 6.09. The molecule has 1 aliphatic carbocycles. The topological polar surface area (TPSA) is 21.3 Å². The number of ether oxygens (including phenoxy) is 1. The van der Waals surface area contributed by atoms with Crippen LogP contribution in [0.15, 0.2) is 6.07 Å². The second-order valence-corrected chi connectivity index (χ2v) is 8.18. The van der Waals surface area contributed by atoms with E-state index in [1.165, 1.54) is 47.4 Å². The highest BCUT2D eigenvalue weighted by Crippen LogP contribution is 2.25. The van der Waals surface area contributed by atoms with Crippen molar-refractivity contribution in [3.05, 3.63) is 21.4 Å². The zero-order chi connectivity index (χ0) is 15.1. The predicted octanol–water partition coefficient (Wildman–Crippen LogP) is 4.90. The SMILES string of the molecule is Cc1sc(CNCC(C)C)cc1COCC1CCCCC1. The molecular weight excluding hydrogens is 278 g/mol. The first-order chi connectivity index (χ1) is 10.1. The number of hydrogen-bond acceptors (Lipinski definition) is 3. The van der Waals surface area contributed by atoms with E-state index in [2.05, 4.69) is 32.2 Å². The van der Waals surface area contributed by atoms with Crippen molar-refractivity contribution < 1.29 is 4.74 Å².